The fourth-order valence-corrected chi connectivity index (χ4v) is 3.00. The third kappa shape index (κ3) is 3.83. The Morgan fingerprint density at radius 1 is 1.32 bits per heavy atom. The second-order valence-corrected chi connectivity index (χ2v) is 5.89. The summed E-state index contributed by atoms with van der Waals surface area (Å²) in [5, 5.41) is 13.9. The van der Waals surface area contributed by atoms with Crippen LogP contribution in [0, 0.1) is 5.41 Å². The van der Waals surface area contributed by atoms with Gasteiger partial charge in [0.2, 0.25) is 0 Å². The van der Waals surface area contributed by atoms with Gasteiger partial charge in [-0.25, -0.2) is 0 Å². The van der Waals surface area contributed by atoms with Gasteiger partial charge in [-0.1, -0.05) is 29.3 Å². The van der Waals surface area contributed by atoms with Gasteiger partial charge in [0.15, 0.2) is 0 Å². The monoisotopic (exact) mass is 303 g/mol. The van der Waals surface area contributed by atoms with Gasteiger partial charge < -0.3 is 15.2 Å². The van der Waals surface area contributed by atoms with Crippen LogP contribution in [0.15, 0.2) is 18.2 Å². The SMILES string of the molecule is OCCC1(CNCc2c(Cl)cccc2Cl)CCOC1. The Labute approximate surface area is 123 Å². The van der Waals surface area contributed by atoms with Gasteiger partial charge in [-0.2, -0.15) is 0 Å². The van der Waals surface area contributed by atoms with Crippen LogP contribution < -0.4 is 5.32 Å². The van der Waals surface area contributed by atoms with Crippen LogP contribution in [0.1, 0.15) is 18.4 Å². The van der Waals surface area contributed by atoms with Crippen LogP contribution >= 0.6 is 23.2 Å². The molecular formula is C14H19Cl2NO2. The van der Waals surface area contributed by atoms with Gasteiger partial charge in [0.05, 0.1) is 6.61 Å². The Hall–Kier alpha value is -0.320. The summed E-state index contributed by atoms with van der Waals surface area (Å²) >= 11 is 12.3. The Kier molecular flexibility index (Phi) is 5.48. The van der Waals surface area contributed by atoms with E-state index in [9.17, 15) is 5.11 Å². The zero-order valence-corrected chi connectivity index (χ0v) is 12.3. The molecule has 0 bridgehead atoms. The summed E-state index contributed by atoms with van der Waals surface area (Å²) in [5.41, 5.74) is 0.964. The van der Waals surface area contributed by atoms with E-state index in [-0.39, 0.29) is 12.0 Å². The quantitative estimate of drug-likeness (QED) is 0.849. The highest BCUT2D eigenvalue weighted by Gasteiger charge is 2.33. The molecule has 1 saturated heterocycles. The predicted octanol–water partition coefficient (Wildman–Crippen LogP) is 2.87. The van der Waals surface area contributed by atoms with Gasteiger partial charge in [0, 0.05) is 47.3 Å². The molecule has 1 aliphatic rings. The molecule has 1 aliphatic heterocycles. The van der Waals surface area contributed by atoms with E-state index in [1.54, 1.807) is 0 Å². The van der Waals surface area contributed by atoms with Crippen molar-refractivity contribution >= 4 is 23.2 Å². The molecule has 5 heteroatoms. The number of hydrogen-bond donors (Lipinski definition) is 2. The highest BCUT2D eigenvalue weighted by atomic mass is 35.5. The van der Waals surface area contributed by atoms with Gasteiger partial charge in [0.25, 0.3) is 0 Å². The zero-order chi connectivity index (χ0) is 13.7. The average Bonchev–Trinajstić information content (AvgIpc) is 2.82. The van der Waals surface area contributed by atoms with E-state index in [1.165, 1.54) is 0 Å². The van der Waals surface area contributed by atoms with Crippen molar-refractivity contribution in [3.8, 4) is 0 Å². The minimum Gasteiger partial charge on any atom is -0.396 e. The fraction of sp³-hybridized carbons (Fsp3) is 0.571. The first-order valence-electron chi connectivity index (χ1n) is 6.49. The zero-order valence-electron chi connectivity index (χ0n) is 10.8. The molecule has 1 aromatic carbocycles. The number of aliphatic hydroxyl groups is 1. The number of hydrogen-bond acceptors (Lipinski definition) is 3. The molecule has 3 nitrogen and oxygen atoms in total. The Balaban J connectivity index is 1.92. The predicted molar refractivity (Wildman–Crippen MR) is 77.7 cm³/mol. The first-order chi connectivity index (χ1) is 9.17. The fourth-order valence-electron chi connectivity index (χ4n) is 2.47. The van der Waals surface area contributed by atoms with Gasteiger partial charge in [-0.15, -0.1) is 0 Å². The first-order valence-corrected chi connectivity index (χ1v) is 7.25. The number of aliphatic hydroxyl groups excluding tert-OH is 1. The molecule has 0 saturated carbocycles. The van der Waals surface area contributed by atoms with Crippen molar-refractivity contribution in [2.75, 3.05) is 26.4 Å². The average molecular weight is 304 g/mol. The van der Waals surface area contributed by atoms with E-state index < -0.39 is 0 Å². The van der Waals surface area contributed by atoms with Crippen LogP contribution in [0.4, 0.5) is 0 Å². The Morgan fingerprint density at radius 2 is 2.05 bits per heavy atom. The molecule has 1 atom stereocenters. The molecule has 2 N–H and O–H groups in total. The highest BCUT2D eigenvalue weighted by Crippen LogP contribution is 2.32. The second-order valence-electron chi connectivity index (χ2n) is 5.08. The maximum atomic E-state index is 9.17. The summed E-state index contributed by atoms with van der Waals surface area (Å²) in [5.74, 6) is 0. The minimum atomic E-state index is 0.0441. The van der Waals surface area contributed by atoms with Gasteiger partial charge in [0.1, 0.15) is 0 Å². The molecule has 1 unspecified atom stereocenters. The Bertz CT molecular complexity index is 400. The molecule has 106 valence electrons. The van der Waals surface area contributed by atoms with Gasteiger partial charge >= 0.3 is 0 Å². The molecule has 0 radical (unpaired) electrons. The standard InChI is InChI=1S/C14H19Cl2NO2/c15-12-2-1-3-13(16)11(12)8-17-9-14(4-6-18)5-7-19-10-14/h1-3,17-18H,4-10H2. The molecule has 0 aromatic heterocycles. The molecule has 0 aliphatic carbocycles. The number of nitrogens with one attached hydrogen (secondary N) is 1. The van der Waals surface area contributed by atoms with E-state index in [0.717, 1.165) is 31.6 Å². The van der Waals surface area contributed by atoms with Crippen molar-refractivity contribution in [3.05, 3.63) is 33.8 Å². The molecule has 0 amide bonds. The molecule has 0 spiro atoms. The summed E-state index contributed by atoms with van der Waals surface area (Å²) in [4.78, 5) is 0. The maximum Gasteiger partial charge on any atom is 0.0536 e. The molecule has 1 fully saturated rings. The molecule has 1 aromatic rings. The lowest BCUT2D eigenvalue weighted by Crippen LogP contribution is -2.35. The summed E-state index contributed by atoms with van der Waals surface area (Å²) in [7, 11) is 0. The second kappa shape index (κ2) is 6.91. The third-order valence-electron chi connectivity index (χ3n) is 3.69. The van der Waals surface area contributed by atoms with Crippen LogP contribution in [0.25, 0.3) is 0 Å². The van der Waals surface area contributed by atoms with Crippen LogP contribution in [0.2, 0.25) is 10.0 Å². The van der Waals surface area contributed by atoms with Crippen molar-refractivity contribution in [1.82, 2.24) is 5.32 Å². The summed E-state index contributed by atoms with van der Waals surface area (Å²) in [6.07, 6.45) is 1.74. The van der Waals surface area contributed by atoms with E-state index in [2.05, 4.69) is 5.32 Å². The topological polar surface area (TPSA) is 41.5 Å². The molecule has 1 heterocycles. The van der Waals surface area contributed by atoms with E-state index in [4.69, 9.17) is 27.9 Å². The van der Waals surface area contributed by atoms with Crippen LogP contribution in [0.3, 0.4) is 0 Å². The van der Waals surface area contributed by atoms with Crippen molar-refractivity contribution in [1.29, 1.82) is 0 Å². The summed E-state index contributed by atoms with van der Waals surface area (Å²) < 4.78 is 5.46. The largest absolute Gasteiger partial charge is 0.396 e. The van der Waals surface area contributed by atoms with Crippen LogP contribution in [-0.2, 0) is 11.3 Å². The van der Waals surface area contributed by atoms with E-state index in [1.807, 2.05) is 18.2 Å². The smallest absolute Gasteiger partial charge is 0.0536 e. The van der Waals surface area contributed by atoms with E-state index >= 15 is 0 Å². The van der Waals surface area contributed by atoms with Crippen molar-refractivity contribution in [3.63, 3.8) is 0 Å². The van der Waals surface area contributed by atoms with Crippen molar-refractivity contribution < 1.29 is 9.84 Å². The molecular weight excluding hydrogens is 285 g/mol. The van der Waals surface area contributed by atoms with Crippen LogP contribution in [0.5, 0.6) is 0 Å². The van der Waals surface area contributed by atoms with Crippen molar-refractivity contribution in [2.24, 2.45) is 5.41 Å². The molecule has 2 rings (SSSR count). The number of ether oxygens (including phenoxy) is 1. The number of benzene rings is 1. The summed E-state index contributed by atoms with van der Waals surface area (Å²) in [6.45, 7) is 3.10. The number of rotatable bonds is 6. The van der Waals surface area contributed by atoms with Gasteiger partial charge in [-0.3, -0.25) is 0 Å². The molecule has 19 heavy (non-hydrogen) atoms. The summed E-state index contributed by atoms with van der Waals surface area (Å²) in [6, 6.07) is 5.52. The number of halogens is 2. The normalized spacial score (nSPS) is 22.9. The third-order valence-corrected chi connectivity index (χ3v) is 4.40. The lowest BCUT2D eigenvalue weighted by atomic mass is 9.84. The highest BCUT2D eigenvalue weighted by molar-refractivity contribution is 6.35. The van der Waals surface area contributed by atoms with Gasteiger partial charge in [-0.05, 0) is 25.0 Å². The van der Waals surface area contributed by atoms with Crippen molar-refractivity contribution in [2.45, 2.75) is 19.4 Å². The first kappa shape index (κ1) is 15.1. The maximum absolute atomic E-state index is 9.17. The van der Waals surface area contributed by atoms with E-state index in [0.29, 0.717) is 23.2 Å². The lowest BCUT2D eigenvalue weighted by Gasteiger charge is -2.27. The Morgan fingerprint density at radius 3 is 2.63 bits per heavy atom. The van der Waals surface area contributed by atoms with Crippen LogP contribution in [-0.4, -0.2) is 31.5 Å². The minimum absolute atomic E-state index is 0.0441. The lowest BCUT2D eigenvalue weighted by molar-refractivity contribution is 0.124.